The van der Waals surface area contributed by atoms with Crippen molar-refractivity contribution in [2.75, 3.05) is 13.2 Å². The molecule has 0 spiro atoms. The third-order valence-corrected chi connectivity index (χ3v) is 4.77. The molecule has 3 atom stereocenters. The third kappa shape index (κ3) is 2.69. The molecule has 0 N–H and O–H groups in total. The van der Waals surface area contributed by atoms with Crippen LogP contribution in [0.25, 0.3) is 0 Å². The van der Waals surface area contributed by atoms with Crippen LogP contribution in [0.4, 0.5) is 0 Å². The number of carbonyl (C=O) groups is 1. The molecule has 2 saturated heterocycles. The third-order valence-electron chi connectivity index (χ3n) is 4.77. The molecule has 4 rings (SSSR count). The van der Waals surface area contributed by atoms with Crippen molar-refractivity contribution in [3.05, 3.63) is 41.3 Å². The lowest BCUT2D eigenvalue weighted by Gasteiger charge is -2.39. The van der Waals surface area contributed by atoms with Gasteiger partial charge in [-0.15, -0.1) is 0 Å². The largest absolute Gasteiger partial charge is 0.376 e. The molecule has 2 aliphatic heterocycles. The first-order valence-corrected chi connectivity index (χ1v) is 8.28. The van der Waals surface area contributed by atoms with Crippen LogP contribution in [0, 0.1) is 13.8 Å². The lowest BCUT2D eigenvalue weighted by atomic mass is 9.89. The molecule has 24 heavy (non-hydrogen) atoms. The Morgan fingerprint density at radius 1 is 1.29 bits per heavy atom. The molecule has 2 fully saturated rings. The zero-order chi connectivity index (χ0) is 16.7. The highest BCUT2D eigenvalue weighted by molar-refractivity contribution is 5.92. The summed E-state index contributed by atoms with van der Waals surface area (Å²) in [5.41, 5.74) is 1.31. The van der Waals surface area contributed by atoms with Crippen LogP contribution in [-0.4, -0.2) is 51.2 Å². The van der Waals surface area contributed by atoms with Crippen molar-refractivity contribution in [2.24, 2.45) is 0 Å². The Kier molecular flexibility index (Phi) is 3.80. The van der Waals surface area contributed by atoms with Gasteiger partial charge in [0.25, 0.3) is 5.91 Å². The van der Waals surface area contributed by atoms with Crippen LogP contribution in [0.1, 0.15) is 46.7 Å². The molecule has 0 aromatic carbocycles. The number of hydrogen-bond donors (Lipinski definition) is 0. The number of piperidine rings is 1. The van der Waals surface area contributed by atoms with Gasteiger partial charge in [-0.1, -0.05) is 11.2 Å². The standard InChI is InChI=1S/C17H20N4O3/c1-10-4-3-5-13(18-10)17(22)21-9-12(16-19-11(2)20-24-16)8-15-14(21)6-7-23-15/h3-5,12,14-15H,6-9H2,1-2H3/t12-,14-,15-/m1/s1. The summed E-state index contributed by atoms with van der Waals surface area (Å²) >= 11 is 0. The fraction of sp³-hybridized carbons (Fsp3) is 0.529. The Morgan fingerprint density at radius 2 is 2.17 bits per heavy atom. The van der Waals surface area contributed by atoms with E-state index in [9.17, 15) is 4.79 Å². The van der Waals surface area contributed by atoms with Gasteiger partial charge in [0.1, 0.15) is 5.69 Å². The van der Waals surface area contributed by atoms with Crippen LogP contribution >= 0.6 is 0 Å². The fourth-order valence-electron chi connectivity index (χ4n) is 3.65. The Labute approximate surface area is 140 Å². The maximum atomic E-state index is 13.0. The van der Waals surface area contributed by atoms with E-state index in [1.807, 2.05) is 24.0 Å². The topological polar surface area (TPSA) is 81.4 Å². The minimum absolute atomic E-state index is 0.000640. The van der Waals surface area contributed by atoms with Gasteiger partial charge >= 0.3 is 0 Å². The van der Waals surface area contributed by atoms with Crippen molar-refractivity contribution in [3.8, 4) is 0 Å². The second-order valence-corrected chi connectivity index (χ2v) is 6.50. The average Bonchev–Trinajstić information content (AvgIpc) is 3.21. The molecule has 4 heterocycles. The number of nitrogens with zero attached hydrogens (tertiary/aromatic N) is 4. The monoisotopic (exact) mass is 328 g/mol. The molecule has 2 aromatic heterocycles. The van der Waals surface area contributed by atoms with E-state index in [1.54, 1.807) is 13.0 Å². The summed E-state index contributed by atoms with van der Waals surface area (Å²) in [6, 6.07) is 5.61. The van der Waals surface area contributed by atoms with Crippen molar-refractivity contribution < 1.29 is 14.1 Å². The van der Waals surface area contributed by atoms with E-state index < -0.39 is 0 Å². The van der Waals surface area contributed by atoms with Gasteiger partial charge in [0.15, 0.2) is 5.82 Å². The molecule has 0 bridgehead atoms. The molecular weight excluding hydrogens is 308 g/mol. The summed E-state index contributed by atoms with van der Waals surface area (Å²) in [6.45, 7) is 4.92. The number of rotatable bonds is 2. The number of carbonyl (C=O) groups excluding carboxylic acids is 1. The van der Waals surface area contributed by atoms with Gasteiger partial charge in [-0.2, -0.15) is 4.98 Å². The van der Waals surface area contributed by atoms with Crippen LogP contribution in [0.3, 0.4) is 0 Å². The lowest BCUT2D eigenvalue weighted by Crippen LogP contribution is -2.51. The predicted octanol–water partition coefficient (Wildman–Crippen LogP) is 1.87. The summed E-state index contributed by atoms with van der Waals surface area (Å²) in [6.07, 6.45) is 1.68. The summed E-state index contributed by atoms with van der Waals surface area (Å²) < 4.78 is 11.2. The summed E-state index contributed by atoms with van der Waals surface area (Å²) in [4.78, 5) is 23.6. The minimum atomic E-state index is -0.0554. The first-order chi connectivity index (χ1) is 11.6. The maximum Gasteiger partial charge on any atom is 0.272 e. The zero-order valence-electron chi connectivity index (χ0n) is 13.8. The summed E-state index contributed by atoms with van der Waals surface area (Å²) in [5.74, 6) is 1.13. The van der Waals surface area contributed by atoms with Crippen molar-refractivity contribution in [2.45, 2.75) is 44.8 Å². The van der Waals surface area contributed by atoms with Crippen LogP contribution < -0.4 is 0 Å². The van der Waals surface area contributed by atoms with Gasteiger partial charge in [-0.25, -0.2) is 4.98 Å². The quantitative estimate of drug-likeness (QED) is 0.837. The van der Waals surface area contributed by atoms with Crippen LogP contribution in [0.2, 0.25) is 0 Å². The number of fused-ring (bicyclic) bond motifs is 1. The van der Waals surface area contributed by atoms with Crippen molar-refractivity contribution in [1.29, 1.82) is 0 Å². The first kappa shape index (κ1) is 15.3. The molecule has 7 heteroatoms. The Morgan fingerprint density at radius 3 is 2.92 bits per heavy atom. The second kappa shape index (κ2) is 5.98. The summed E-state index contributed by atoms with van der Waals surface area (Å²) in [7, 11) is 0. The van der Waals surface area contributed by atoms with Gasteiger partial charge in [0.2, 0.25) is 5.89 Å². The van der Waals surface area contributed by atoms with Gasteiger partial charge in [-0.05, 0) is 38.8 Å². The fourth-order valence-corrected chi connectivity index (χ4v) is 3.65. The number of aryl methyl sites for hydroxylation is 2. The minimum Gasteiger partial charge on any atom is -0.376 e. The van der Waals surface area contributed by atoms with Crippen molar-refractivity contribution in [3.63, 3.8) is 0 Å². The van der Waals surface area contributed by atoms with Crippen LogP contribution in [0.5, 0.6) is 0 Å². The highest BCUT2D eigenvalue weighted by atomic mass is 16.5. The van der Waals surface area contributed by atoms with Gasteiger partial charge in [-0.3, -0.25) is 4.79 Å². The van der Waals surface area contributed by atoms with Gasteiger partial charge in [0, 0.05) is 18.8 Å². The van der Waals surface area contributed by atoms with E-state index in [0.717, 1.165) is 18.5 Å². The second-order valence-electron chi connectivity index (χ2n) is 6.50. The molecule has 0 unspecified atom stereocenters. The van der Waals surface area contributed by atoms with Crippen LogP contribution in [0.15, 0.2) is 22.7 Å². The van der Waals surface area contributed by atoms with E-state index >= 15 is 0 Å². The van der Waals surface area contributed by atoms with Crippen LogP contribution in [-0.2, 0) is 4.74 Å². The first-order valence-electron chi connectivity index (χ1n) is 8.28. The lowest BCUT2D eigenvalue weighted by molar-refractivity contribution is 0.0121. The molecule has 0 radical (unpaired) electrons. The molecule has 2 aromatic rings. The smallest absolute Gasteiger partial charge is 0.272 e. The van der Waals surface area contributed by atoms with E-state index in [4.69, 9.17) is 9.26 Å². The number of pyridine rings is 1. The van der Waals surface area contributed by atoms with Gasteiger partial charge < -0.3 is 14.2 Å². The molecule has 2 aliphatic rings. The number of hydrogen-bond acceptors (Lipinski definition) is 6. The zero-order valence-corrected chi connectivity index (χ0v) is 13.8. The Hall–Kier alpha value is -2.28. The van der Waals surface area contributed by atoms with Gasteiger partial charge in [0.05, 0.1) is 18.1 Å². The van der Waals surface area contributed by atoms with E-state index in [-0.39, 0.29) is 24.0 Å². The summed E-state index contributed by atoms with van der Waals surface area (Å²) in [5, 5.41) is 3.87. The van der Waals surface area contributed by atoms with Crippen molar-refractivity contribution >= 4 is 5.91 Å². The number of ether oxygens (including phenoxy) is 1. The molecule has 0 aliphatic carbocycles. The Balaban J connectivity index is 1.63. The number of aromatic nitrogens is 3. The molecule has 126 valence electrons. The van der Waals surface area contributed by atoms with E-state index in [1.165, 1.54) is 0 Å². The van der Waals surface area contributed by atoms with Crippen molar-refractivity contribution in [1.82, 2.24) is 20.0 Å². The Bertz CT molecular complexity index is 760. The molecule has 1 amide bonds. The normalized spacial score (nSPS) is 26.4. The van der Waals surface area contributed by atoms with E-state index in [2.05, 4.69) is 15.1 Å². The maximum absolute atomic E-state index is 13.0. The molecular formula is C17H20N4O3. The highest BCUT2D eigenvalue weighted by Crippen LogP contribution is 2.36. The average molecular weight is 328 g/mol. The number of likely N-dealkylation sites (tertiary alicyclic amines) is 1. The molecule has 7 nitrogen and oxygen atoms in total. The van der Waals surface area contributed by atoms with E-state index in [0.29, 0.717) is 30.6 Å². The molecule has 0 saturated carbocycles. The number of amides is 1. The SMILES string of the molecule is Cc1cccc(C(=O)N2C[C@H](c3nc(C)no3)C[C@H]3OCC[C@H]32)n1. The predicted molar refractivity (Wildman–Crippen MR) is 84.5 cm³/mol. The highest BCUT2D eigenvalue weighted by Gasteiger charge is 2.44.